The predicted molar refractivity (Wildman–Crippen MR) is 212 cm³/mol. The number of hydrogen-bond donors (Lipinski definition) is 6. The van der Waals surface area contributed by atoms with Crippen molar-refractivity contribution < 1.29 is 63.1 Å². The lowest BCUT2D eigenvalue weighted by Gasteiger charge is -2.41. The van der Waals surface area contributed by atoms with E-state index < -0.39 is 75.7 Å². The van der Waals surface area contributed by atoms with E-state index in [1.807, 2.05) is 0 Å². The first-order valence-corrected chi connectivity index (χ1v) is 23.3. The molecule has 0 radical (unpaired) electrons. The van der Waals surface area contributed by atoms with Crippen molar-refractivity contribution in [2.24, 2.45) is 0 Å². The number of carbonyl (C=O) groups excluding carboxylic acids is 2. The largest absolute Gasteiger partial charge is 0.472 e. The van der Waals surface area contributed by atoms with Crippen molar-refractivity contribution in [2.75, 3.05) is 13.2 Å². The van der Waals surface area contributed by atoms with Crippen LogP contribution < -0.4 is 0 Å². The standard InChI is InChI=1S/C41H79O13P/c1-3-5-7-9-11-13-15-16-17-18-19-20-22-24-26-28-30-35(43)53-33(31-51-34(42)29-27-25-23-21-14-12-10-8-6-4-2)32-52-55(49,50)54-41-39(47)37(45)36(44)38(46)40(41)48/h33,36-41,44-48H,3-32H2,1-2H3,(H,49,50)/t33-,36?,37+,38?,39?,40?,41?/m1/s1. The number of esters is 2. The Hall–Kier alpha value is -1.15. The lowest BCUT2D eigenvalue weighted by molar-refractivity contribution is -0.220. The zero-order valence-corrected chi connectivity index (χ0v) is 35.1. The maximum Gasteiger partial charge on any atom is 0.472 e. The molecule has 0 aromatic heterocycles. The number of hydrogen-bond acceptors (Lipinski definition) is 12. The molecule has 13 nitrogen and oxygen atoms in total. The second-order valence-corrected chi connectivity index (χ2v) is 17.0. The van der Waals surface area contributed by atoms with Crippen molar-refractivity contribution in [2.45, 2.75) is 236 Å². The summed E-state index contributed by atoms with van der Waals surface area (Å²) in [5, 5.41) is 50.0. The molecule has 0 heterocycles. The van der Waals surface area contributed by atoms with Crippen LogP contribution in [0.1, 0.15) is 194 Å². The van der Waals surface area contributed by atoms with Gasteiger partial charge in [0, 0.05) is 12.8 Å². The van der Waals surface area contributed by atoms with Crippen LogP contribution in [-0.2, 0) is 32.7 Å². The SMILES string of the molecule is CCCCCCCCCCCCCCCCCCC(=O)O[C@H](COC(=O)CCCCCCCCCCCC)COP(=O)(O)OC1C(O)C(O)C(O)[C@H](O)C1O. The van der Waals surface area contributed by atoms with Crippen LogP contribution in [0.15, 0.2) is 0 Å². The third-order valence-electron chi connectivity index (χ3n) is 10.4. The Labute approximate surface area is 331 Å². The Balaban J connectivity index is 2.46. The van der Waals surface area contributed by atoms with Gasteiger partial charge in [0.15, 0.2) is 6.10 Å². The Kier molecular flexibility index (Phi) is 30.9. The van der Waals surface area contributed by atoms with Crippen LogP contribution in [0, 0.1) is 0 Å². The van der Waals surface area contributed by atoms with Gasteiger partial charge in [0.05, 0.1) is 6.61 Å². The Bertz CT molecular complexity index is 985. The van der Waals surface area contributed by atoms with Crippen molar-refractivity contribution >= 4 is 19.8 Å². The van der Waals surface area contributed by atoms with Gasteiger partial charge in [0.1, 0.15) is 43.2 Å². The normalized spacial score (nSPS) is 23.0. The lowest BCUT2D eigenvalue weighted by atomic mass is 9.85. The number of phosphoric acid groups is 1. The minimum atomic E-state index is -5.10. The molecule has 1 aliphatic carbocycles. The molecule has 326 valence electrons. The number of rotatable bonds is 36. The van der Waals surface area contributed by atoms with Gasteiger partial charge in [0.2, 0.25) is 0 Å². The van der Waals surface area contributed by atoms with E-state index >= 15 is 0 Å². The van der Waals surface area contributed by atoms with Gasteiger partial charge in [-0.1, -0.05) is 168 Å². The van der Waals surface area contributed by atoms with E-state index in [9.17, 15) is 44.6 Å². The molecule has 6 unspecified atom stereocenters. The summed E-state index contributed by atoms with van der Waals surface area (Å²) in [5.74, 6) is -1.09. The topological polar surface area (TPSA) is 210 Å². The fourth-order valence-corrected chi connectivity index (χ4v) is 7.85. The van der Waals surface area contributed by atoms with Gasteiger partial charge in [-0.25, -0.2) is 4.57 Å². The molecule has 55 heavy (non-hydrogen) atoms. The van der Waals surface area contributed by atoms with Crippen molar-refractivity contribution in [3.63, 3.8) is 0 Å². The number of aliphatic hydroxyl groups is 5. The third kappa shape index (κ3) is 25.7. The number of aliphatic hydroxyl groups excluding tert-OH is 5. The number of unbranched alkanes of at least 4 members (excludes halogenated alkanes) is 24. The first-order valence-electron chi connectivity index (χ1n) is 21.8. The second-order valence-electron chi connectivity index (χ2n) is 15.6. The highest BCUT2D eigenvalue weighted by Gasteiger charge is 2.51. The first kappa shape index (κ1) is 51.9. The monoisotopic (exact) mass is 811 g/mol. The van der Waals surface area contributed by atoms with Crippen LogP contribution in [-0.4, -0.2) is 98.3 Å². The smallest absolute Gasteiger partial charge is 0.462 e. The van der Waals surface area contributed by atoms with Gasteiger partial charge in [-0.3, -0.25) is 18.6 Å². The molecule has 1 rings (SSSR count). The molecule has 6 N–H and O–H groups in total. The fourth-order valence-electron chi connectivity index (χ4n) is 6.88. The van der Waals surface area contributed by atoms with E-state index in [2.05, 4.69) is 13.8 Å². The average Bonchev–Trinajstić information content (AvgIpc) is 3.16. The predicted octanol–water partition coefficient (Wildman–Crippen LogP) is 7.72. The summed E-state index contributed by atoms with van der Waals surface area (Å²) in [6.07, 6.45) is 17.4. The maximum atomic E-state index is 12.8. The molecule has 1 aliphatic rings. The van der Waals surface area contributed by atoms with Crippen LogP contribution in [0.2, 0.25) is 0 Å². The number of carbonyl (C=O) groups is 2. The zero-order chi connectivity index (χ0) is 40.7. The summed E-state index contributed by atoms with van der Waals surface area (Å²) in [6, 6.07) is 0. The quantitative estimate of drug-likeness (QED) is 0.0204. The molecule has 0 amide bonds. The maximum absolute atomic E-state index is 12.8. The molecule has 0 saturated heterocycles. The molecule has 14 heteroatoms. The zero-order valence-electron chi connectivity index (χ0n) is 34.2. The van der Waals surface area contributed by atoms with E-state index in [4.69, 9.17) is 18.5 Å². The fraction of sp³-hybridized carbons (Fsp3) is 0.951. The summed E-state index contributed by atoms with van der Waals surface area (Å²) in [7, 11) is -5.10. The van der Waals surface area contributed by atoms with Crippen LogP contribution >= 0.6 is 7.82 Å². The molecular weight excluding hydrogens is 731 g/mol. The van der Waals surface area contributed by atoms with Crippen molar-refractivity contribution in [1.82, 2.24) is 0 Å². The number of ether oxygens (including phenoxy) is 2. The molecule has 0 aliphatic heterocycles. The van der Waals surface area contributed by atoms with Gasteiger partial charge in [-0.2, -0.15) is 0 Å². The van der Waals surface area contributed by atoms with Crippen molar-refractivity contribution in [3.8, 4) is 0 Å². The summed E-state index contributed by atoms with van der Waals surface area (Å²) >= 11 is 0. The van der Waals surface area contributed by atoms with Crippen LogP contribution in [0.4, 0.5) is 0 Å². The van der Waals surface area contributed by atoms with Crippen LogP contribution in [0.25, 0.3) is 0 Å². The van der Waals surface area contributed by atoms with Crippen molar-refractivity contribution in [3.05, 3.63) is 0 Å². The van der Waals surface area contributed by atoms with Gasteiger partial charge in [-0.15, -0.1) is 0 Å². The Morgan fingerprint density at radius 1 is 0.491 bits per heavy atom. The van der Waals surface area contributed by atoms with E-state index in [1.54, 1.807) is 0 Å². The highest BCUT2D eigenvalue weighted by Crippen LogP contribution is 2.47. The molecular formula is C41H79O13P. The van der Waals surface area contributed by atoms with Gasteiger partial charge in [0.25, 0.3) is 0 Å². The van der Waals surface area contributed by atoms with Gasteiger partial charge >= 0.3 is 19.8 Å². The minimum absolute atomic E-state index is 0.105. The molecule has 0 spiro atoms. The van der Waals surface area contributed by atoms with Crippen molar-refractivity contribution in [1.29, 1.82) is 0 Å². The van der Waals surface area contributed by atoms with E-state index in [-0.39, 0.29) is 12.8 Å². The molecule has 1 fully saturated rings. The van der Waals surface area contributed by atoms with Crippen LogP contribution in [0.5, 0.6) is 0 Å². The summed E-state index contributed by atoms with van der Waals surface area (Å²) in [5.41, 5.74) is 0. The van der Waals surface area contributed by atoms with E-state index in [0.29, 0.717) is 12.8 Å². The van der Waals surface area contributed by atoms with E-state index in [1.165, 1.54) is 116 Å². The third-order valence-corrected chi connectivity index (χ3v) is 11.4. The highest BCUT2D eigenvalue weighted by atomic mass is 31.2. The van der Waals surface area contributed by atoms with Gasteiger partial charge in [-0.05, 0) is 12.8 Å². The minimum Gasteiger partial charge on any atom is -0.462 e. The molecule has 0 aromatic rings. The Morgan fingerprint density at radius 2 is 0.818 bits per heavy atom. The lowest BCUT2D eigenvalue weighted by Crippen LogP contribution is -2.64. The van der Waals surface area contributed by atoms with E-state index in [0.717, 1.165) is 38.5 Å². The molecule has 1 saturated carbocycles. The van der Waals surface area contributed by atoms with Crippen LogP contribution in [0.3, 0.4) is 0 Å². The molecule has 0 aromatic carbocycles. The first-order chi connectivity index (χ1) is 26.4. The second kappa shape index (κ2) is 32.8. The number of phosphoric ester groups is 1. The molecule has 8 atom stereocenters. The summed E-state index contributed by atoms with van der Waals surface area (Å²) in [4.78, 5) is 35.5. The average molecular weight is 811 g/mol. The van der Waals surface area contributed by atoms with Gasteiger partial charge < -0.3 is 39.9 Å². The molecule has 0 bridgehead atoms. The highest BCUT2D eigenvalue weighted by molar-refractivity contribution is 7.47. The Morgan fingerprint density at radius 3 is 1.20 bits per heavy atom. The summed E-state index contributed by atoms with van der Waals surface area (Å²) < 4.78 is 33.4. The summed E-state index contributed by atoms with van der Waals surface area (Å²) in [6.45, 7) is 3.28.